The molecule has 186 valence electrons. The standard InChI is InChI=1S/C28H33ClN2O4/c1-17-18(2)22(29)10-9-21(17)19-7-11-25(34-6)24(15-19)31-23-13-14-30(27(33)35-28(3,4)5)16-20(23)8-12-26(31)32/h7-12,15,17,21H,13-14,16H2,1-6H3. The van der Waals surface area contributed by atoms with E-state index in [0.29, 0.717) is 30.9 Å². The lowest BCUT2D eigenvalue weighted by Crippen LogP contribution is -2.41. The van der Waals surface area contributed by atoms with Gasteiger partial charge in [0.25, 0.3) is 5.56 Å². The number of aromatic nitrogens is 1. The van der Waals surface area contributed by atoms with E-state index in [0.717, 1.165) is 27.4 Å². The van der Waals surface area contributed by atoms with Crippen LogP contribution in [0.1, 0.15) is 57.4 Å². The molecule has 0 radical (unpaired) electrons. The minimum Gasteiger partial charge on any atom is -0.495 e. The Morgan fingerprint density at radius 1 is 1.17 bits per heavy atom. The molecule has 35 heavy (non-hydrogen) atoms. The third-order valence-electron chi connectivity index (χ3n) is 6.80. The molecule has 1 aliphatic carbocycles. The zero-order chi connectivity index (χ0) is 25.5. The molecular weight excluding hydrogens is 464 g/mol. The van der Waals surface area contributed by atoms with Gasteiger partial charge in [0.15, 0.2) is 0 Å². The van der Waals surface area contributed by atoms with E-state index in [2.05, 4.69) is 19.9 Å². The summed E-state index contributed by atoms with van der Waals surface area (Å²) >= 11 is 6.35. The van der Waals surface area contributed by atoms with Gasteiger partial charge in [0, 0.05) is 35.7 Å². The average molecular weight is 497 g/mol. The number of allylic oxidation sites excluding steroid dienone is 4. The van der Waals surface area contributed by atoms with Crippen LogP contribution in [0.2, 0.25) is 0 Å². The number of nitrogens with zero attached hydrogens (tertiary/aromatic N) is 2. The Balaban J connectivity index is 1.74. The first-order chi connectivity index (χ1) is 16.5. The van der Waals surface area contributed by atoms with Crippen molar-refractivity contribution in [3.63, 3.8) is 0 Å². The van der Waals surface area contributed by atoms with Crippen molar-refractivity contribution in [1.82, 2.24) is 9.47 Å². The van der Waals surface area contributed by atoms with Gasteiger partial charge in [-0.05, 0) is 69.0 Å². The Morgan fingerprint density at radius 2 is 1.91 bits per heavy atom. The second kappa shape index (κ2) is 9.57. The van der Waals surface area contributed by atoms with Crippen molar-refractivity contribution in [2.45, 2.75) is 59.1 Å². The molecule has 1 aromatic carbocycles. The lowest BCUT2D eigenvalue weighted by Gasteiger charge is -2.32. The Morgan fingerprint density at radius 3 is 2.60 bits per heavy atom. The van der Waals surface area contributed by atoms with Gasteiger partial charge < -0.3 is 14.4 Å². The van der Waals surface area contributed by atoms with E-state index in [-0.39, 0.29) is 23.5 Å². The van der Waals surface area contributed by atoms with Crippen molar-refractivity contribution in [3.05, 3.63) is 80.3 Å². The number of methoxy groups -OCH3 is 1. The maximum Gasteiger partial charge on any atom is 0.410 e. The van der Waals surface area contributed by atoms with Gasteiger partial charge in [-0.3, -0.25) is 9.36 Å². The molecule has 0 saturated heterocycles. The summed E-state index contributed by atoms with van der Waals surface area (Å²) in [7, 11) is 1.61. The van der Waals surface area contributed by atoms with Gasteiger partial charge in [-0.1, -0.05) is 36.2 Å². The van der Waals surface area contributed by atoms with Crippen molar-refractivity contribution in [1.29, 1.82) is 0 Å². The number of hydrogen-bond donors (Lipinski definition) is 0. The Bertz CT molecular complexity index is 1270. The molecule has 2 aromatic rings. The minimum atomic E-state index is -0.563. The highest BCUT2D eigenvalue weighted by molar-refractivity contribution is 6.31. The number of hydrogen-bond acceptors (Lipinski definition) is 4. The first kappa shape index (κ1) is 25.1. The fraction of sp³-hybridized carbons (Fsp3) is 0.429. The summed E-state index contributed by atoms with van der Waals surface area (Å²) in [6, 6.07) is 9.37. The number of ether oxygens (including phenoxy) is 2. The van der Waals surface area contributed by atoms with Crippen LogP contribution in [-0.4, -0.2) is 34.8 Å². The van der Waals surface area contributed by atoms with Gasteiger partial charge in [0.1, 0.15) is 11.4 Å². The molecule has 0 fully saturated rings. The van der Waals surface area contributed by atoms with E-state index in [1.807, 2.05) is 51.1 Å². The summed E-state index contributed by atoms with van der Waals surface area (Å²) < 4.78 is 13.0. The van der Waals surface area contributed by atoms with E-state index in [1.54, 1.807) is 22.6 Å². The van der Waals surface area contributed by atoms with Crippen LogP contribution in [-0.2, 0) is 17.7 Å². The topological polar surface area (TPSA) is 60.8 Å². The molecule has 7 heteroatoms. The number of halogens is 1. The van der Waals surface area contributed by atoms with Crippen molar-refractivity contribution in [2.24, 2.45) is 5.92 Å². The van der Waals surface area contributed by atoms with Crippen LogP contribution in [0.3, 0.4) is 0 Å². The molecule has 4 rings (SSSR count). The molecule has 1 amide bonds. The fourth-order valence-electron chi connectivity index (χ4n) is 4.77. The van der Waals surface area contributed by atoms with Crippen molar-refractivity contribution in [3.8, 4) is 11.4 Å². The Hall–Kier alpha value is -2.99. The number of fused-ring (bicyclic) bond motifs is 1. The molecule has 2 heterocycles. The number of carbonyl (C=O) groups excluding carboxylic acids is 1. The van der Waals surface area contributed by atoms with Crippen LogP contribution in [0.5, 0.6) is 5.75 Å². The van der Waals surface area contributed by atoms with Crippen molar-refractivity contribution >= 4 is 17.7 Å². The predicted octanol–water partition coefficient (Wildman–Crippen LogP) is 5.94. The highest BCUT2D eigenvalue weighted by Gasteiger charge is 2.29. The molecule has 2 atom stereocenters. The molecule has 0 spiro atoms. The van der Waals surface area contributed by atoms with E-state index < -0.39 is 5.60 Å². The molecule has 6 nitrogen and oxygen atoms in total. The predicted molar refractivity (Wildman–Crippen MR) is 139 cm³/mol. The van der Waals surface area contributed by atoms with E-state index in [9.17, 15) is 9.59 Å². The van der Waals surface area contributed by atoms with Crippen LogP contribution < -0.4 is 10.3 Å². The van der Waals surface area contributed by atoms with Crippen LogP contribution in [0, 0.1) is 5.92 Å². The van der Waals surface area contributed by atoms with Crippen LogP contribution >= 0.6 is 11.6 Å². The van der Waals surface area contributed by atoms with E-state index >= 15 is 0 Å². The summed E-state index contributed by atoms with van der Waals surface area (Å²) in [6.07, 6.45) is 4.26. The highest BCUT2D eigenvalue weighted by Crippen LogP contribution is 2.39. The number of rotatable bonds is 3. The van der Waals surface area contributed by atoms with Crippen molar-refractivity contribution in [2.75, 3.05) is 13.7 Å². The number of amides is 1. The summed E-state index contributed by atoms with van der Waals surface area (Å²) in [5.41, 5.74) is 4.06. The van der Waals surface area contributed by atoms with E-state index in [4.69, 9.17) is 21.1 Å². The number of benzene rings is 1. The highest BCUT2D eigenvalue weighted by atomic mass is 35.5. The smallest absolute Gasteiger partial charge is 0.410 e. The summed E-state index contributed by atoms with van der Waals surface area (Å²) in [4.78, 5) is 27.5. The average Bonchev–Trinajstić information content (AvgIpc) is 2.81. The third-order valence-corrected chi connectivity index (χ3v) is 7.22. The van der Waals surface area contributed by atoms with Gasteiger partial charge in [-0.2, -0.15) is 0 Å². The van der Waals surface area contributed by atoms with Gasteiger partial charge in [-0.15, -0.1) is 0 Å². The molecule has 0 saturated carbocycles. The van der Waals surface area contributed by atoms with Gasteiger partial charge in [0.2, 0.25) is 0 Å². The fourth-order valence-corrected chi connectivity index (χ4v) is 5.01. The lowest BCUT2D eigenvalue weighted by atomic mass is 9.79. The van der Waals surface area contributed by atoms with Crippen LogP contribution in [0.25, 0.3) is 5.69 Å². The number of pyridine rings is 1. The molecule has 1 aliphatic heterocycles. The summed E-state index contributed by atoms with van der Waals surface area (Å²) in [5, 5.41) is 0.783. The molecule has 1 aromatic heterocycles. The Kier molecular flexibility index (Phi) is 6.87. The number of carbonyl (C=O) groups is 1. The first-order valence-electron chi connectivity index (χ1n) is 11.9. The molecule has 0 bridgehead atoms. The van der Waals surface area contributed by atoms with Gasteiger partial charge in [-0.25, -0.2) is 4.79 Å². The lowest BCUT2D eigenvalue weighted by molar-refractivity contribution is 0.0222. The molecule has 2 unspecified atom stereocenters. The molecular formula is C28H33ClN2O4. The quantitative estimate of drug-likeness (QED) is 0.527. The first-order valence-corrected chi connectivity index (χ1v) is 12.3. The van der Waals surface area contributed by atoms with Gasteiger partial charge in [0.05, 0.1) is 19.3 Å². The van der Waals surface area contributed by atoms with Gasteiger partial charge >= 0.3 is 6.09 Å². The normalized spacial score (nSPS) is 20.0. The monoisotopic (exact) mass is 496 g/mol. The zero-order valence-electron chi connectivity index (χ0n) is 21.2. The van der Waals surface area contributed by atoms with E-state index in [1.165, 1.54) is 0 Å². The SMILES string of the molecule is COc1ccc(C2C=CC(Cl)=C(C)C2C)cc1-n1c2c(ccc1=O)CN(C(=O)OC(C)(C)C)CC2. The maximum atomic E-state index is 13.2. The molecule has 2 aliphatic rings. The second-order valence-electron chi connectivity index (χ2n) is 10.3. The zero-order valence-corrected chi connectivity index (χ0v) is 22.0. The van der Waals surface area contributed by atoms with Crippen LogP contribution in [0.4, 0.5) is 4.79 Å². The summed E-state index contributed by atoms with van der Waals surface area (Å²) in [5.74, 6) is 0.995. The van der Waals surface area contributed by atoms with Crippen LogP contribution in [0.15, 0.2) is 57.9 Å². The third kappa shape index (κ3) is 5.03. The summed E-state index contributed by atoms with van der Waals surface area (Å²) in [6.45, 7) is 10.6. The van der Waals surface area contributed by atoms with Crippen molar-refractivity contribution < 1.29 is 14.3 Å². The minimum absolute atomic E-state index is 0.128. The molecule has 0 N–H and O–H groups in total. The Labute approximate surface area is 211 Å². The maximum absolute atomic E-state index is 13.2. The largest absolute Gasteiger partial charge is 0.495 e. The second-order valence-corrected chi connectivity index (χ2v) is 10.7.